The molecule has 14 heavy (non-hydrogen) atoms. The van der Waals surface area contributed by atoms with Gasteiger partial charge in [-0.3, -0.25) is 0 Å². The van der Waals surface area contributed by atoms with E-state index in [0.717, 1.165) is 17.9 Å². The van der Waals surface area contributed by atoms with Gasteiger partial charge < -0.3 is 4.74 Å². The summed E-state index contributed by atoms with van der Waals surface area (Å²) in [4.78, 5) is 0. The first-order chi connectivity index (χ1) is 6.61. The lowest BCUT2D eigenvalue weighted by Crippen LogP contribution is -2.08. The summed E-state index contributed by atoms with van der Waals surface area (Å²) in [6.45, 7) is 14.8. The second-order valence-corrected chi connectivity index (χ2v) is 3.93. The van der Waals surface area contributed by atoms with Gasteiger partial charge in [-0.1, -0.05) is 46.3 Å². The van der Waals surface area contributed by atoms with Crippen LogP contribution in [-0.2, 0) is 4.74 Å². The average Bonchev–Trinajstić information content (AvgIpc) is 2.17. The minimum atomic E-state index is 0.672. The summed E-state index contributed by atoms with van der Waals surface area (Å²) >= 11 is 0. The van der Waals surface area contributed by atoms with Crippen molar-refractivity contribution in [3.8, 4) is 0 Å². The molecule has 0 radical (unpaired) electrons. The third-order valence-electron chi connectivity index (χ3n) is 2.51. The van der Waals surface area contributed by atoms with Gasteiger partial charge in [0.25, 0.3) is 0 Å². The van der Waals surface area contributed by atoms with E-state index in [-0.39, 0.29) is 0 Å². The molecule has 0 aliphatic rings. The normalized spacial score (nSPS) is 12.2. The first-order valence-electron chi connectivity index (χ1n) is 5.59. The molecule has 0 spiro atoms. The molecule has 0 saturated heterocycles. The number of unbranched alkanes of at least 4 members (excludes halogenated alkanes) is 1. The number of rotatable bonds is 8. The van der Waals surface area contributed by atoms with Gasteiger partial charge in [0, 0.05) is 0 Å². The molecular weight excluding hydrogens is 172 g/mol. The van der Waals surface area contributed by atoms with Crippen molar-refractivity contribution in [1.29, 1.82) is 0 Å². The van der Waals surface area contributed by atoms with Crippen LogP contribution in [0.2, 0.25) is 0 Å². The Kier molecular flexibility index (Phi) is 7.27. The van der Waals surface area contributed by atoms with E-state index in [1.807, 2.05) is 6.92 Å². The van der Waals surface area contributed by atoms with E-state index in [1.54, 1.807) is 0 Å². The fourth-order valence-electron chi connectivity index (χ4n) is 1.24. The lowest BCUT2D eigenvalue weighted by atomic mass is 10.0. The maximum atomic E-state index is 5.56. The predicted molar refractivity (Wildman–Crippen MR) is 63.2 cm³/mol. The number of ether oxygens (including phenoxy) is 1. The Morgan fingerprint density at radius 3 is 2.36 bits per heavy atom. The van der Waals surface area contributed by atoms with Crippen molar-refractivity contribution in [2.24, 2.45) is 5.92 Å². The molecule has 1 heteroatoms. The molecule has 0 N–H and O–H groups in total. The highest BCUT2D eigenvalue weighted by Gasteiger charge is 2.07. The molecule has 82 valence electrons. The van der Waals surface area contributed by atoms with Gasteiger partial charge in [-0.15, -0.1) is 0 Å². The SMILES string of the molecule is C=C(C)C(=C)OCC(CC)CCCC. The van der Waals surface area contributed by atoms with Gasteiger partial charge in [-0.25, -0.2) is 0 Å². The van der Waals surface area contributed by atoms with E-state index < -0.39 is 0 Å². The van der Waals surface area contributed by atoms with Gasteiger partial charge in [-0.05, 0) is 24.8 Å². The van der Waals surface area contributed by atoms with Crippen LogP contribution in [0, 0.1) is 5.92 Å². The van der Waals surface area contributed by atoms with Gasteiger partial charge in [0.1, 0.15) is 5.76 Å². The molecule has 0 aliphatic carbocycles. The van der Waals surface area contributed by atoms with Crippen LogP contribution >= 0.6 is 0 Å². The van der Waals surface area contributed by atoms with E-state index >= 15 is 0 Å². The minimum absolute atomic E-state index is 0.672. The Morgan fingerprint density at radius 2 is 1.93 bits per heavy atom. The molecule has 1 nitrogen and oxygen atoms in total. The van der Waals surface area contributed by atoms with Crippen LogP contribution in [0.25, 0.3) is 0 Å². The van der Waals surface area contributed by atoms with Crippen LogP contribution in [-0.4, -0.2) is 6.61 Å². The topological polar surface area (TPSA) is 9.23 Å². The summed E-state index contributed by atoms with van der Waals surface area (Å²) in [5.41, 5.74) is 0.926. The smallest absolute Gasteiger partial charge is 0.114 e. The van der Waals surface area contributed by atoms with E-state index in [1.165, 1.54) is 25.7 Å². The summed E-state index contributed by atoms with van der Waals surface area (Å²) < 4.78 is 5.56. The Morgan fingerprint density at radius 1 is 1.29 bits per heavy atom. The molecule has 0 saturated carbocycles. The monoisotopic (exact) mass is 196 g/mol. The fourth-order valence-corrected chi connectivity index (χ4v) is 1.24. The summed E-state index contributed by atoms with van der Waals surface area (Å²) in [7, 11) is 0. The molecule has 0 aromatic heterocycles. The van der Waals surface area contributed by atoms with Crippen LogP contribution in [0.3, 0.4) is 0 Å². The maximum absolute atomic E-state index is 5.56. The first-order valence-corrected chi connectivity index (χ1v) is 5.59. The highest BCUT2D eigenvalue weighted by atomic mass is 16.5. The molecule has 0 bridgehead atoms. The van der Waals surface area contributed by atoms with Gasteiger partial charge in [0.2, 0.25) is 0 Å². The zero-order valence-corrected chi connectivity index (χ0v) is 9.94. The summed E-state index contributed by atoms with van der Waals surface area (Å²) in [6, 6.07) is 0. The maximum Gasteiger partial charge on any atom is 0.114 e. The second-order valence-electron chi connectivity index (χ2n) is 3.93. The lowest BCUT2D eigenvalue weighted by Gasteiger charge is -2.16. The predicted octanol–water partition coefficient (Wildman–Crippen LogP) is 4.31. The van der Waals surface area contributed by atoms with Gasteiger partial charge in [-0.2, -0.15) is 0 Å². The Labute approximate surface area is 88.9 Å². The van der Waals surface area contributed by atoms with E-state index in [2.05, 4.69) is 27.0 Å². The number of hydrogen-bond acceptors (Lipinski definition) is 1. The molecular formula is C13H24O. The standard InChI is InChI=1S/C13H24O/c1-6-8-9-13(7-2)10-14-12(5)11(3)4/h13H,3,5-10H2,1-2,4H3. The Bertz CT molecular complexity index is 182. The summed E-state index contributed by atoms with van der Waals surface area (Å²) in [5, 5.41) is 0. The van der Waals surface area contributed by atoms with Crippen molar-refractivity contribution < 1.29 is 4.74 Å². The van der Waals surface area contributed by atoms with Crippen LogP contribution < -0.4 is 0 Å². The van der Waals surface area contributed by atoms with E-state index in [0.29, 0.717) is 5.92 Å². The van der Waals surface area contributed by atoms with Gasteiger partial charge in [0.05, 0.1) is 6.61 Å². The largest absolute Gasteiger partial charge is 0.494 e. The second kappa shape index (κ2) is 7.66. The van der Waals surface area contributed by atoms with E-state index in [9.17, 15) is 0 Å². The molecule has 0 aromatic carbocycles. The van der Waals surface area contributed by atoms with Crippen molar-refractivity contribution in [3.63, 3.8) is 0 Å². The first kappa shape index (κ1) is 13.3. The molecule has 0 heterocycles. The molecule has 1 atom stereocenters. The third kappa shape index (κ3) is 5.85. The quantitative estimate of drug-likeness (QED) is 0.415. The summed E-state index contributed by atoms with van der Waals surface area (Å²) in [6.07, 6.45) is 5.00. The van der Waals surface area contributed by atoms with Gasteiger partial charge >= 0.3 is 0 Å². The Balaban J connectivity index is 3.71. The highest BCUT2D eigenvalue weighted by Crippen LogP contribution is 2.15. The third-order valence-corrected chi connectivity index (χ3v) is 2.51. The minimum Gasteiger partial charge on any atom is -0.494 e. The van der Waals surface area contributed by atoms with Crippen LogP contribution in [0.15, 0.2) is 24.5 Å². The van der Waals surface area contributed by atoms with Crippen molar-refractivity contribution in [1.82, 2.24) is 0 Å². The number of hydrogen-bond donors (Lipinski definition) is 0. The van der Waals surface area contributed by atoms with Crippen molar-refractivity contribution in [2.45, 2.75) is 46.5 Å². The molecule has 0 fully saturated rings. The zero-order chi connectivity index (χ0) is 11.0. The van der Waals surface area contributed by atoms with Gasteiger partial charge in [0.15, 0.2) is 0 Å². The molecule has 0 aromatic rings. The van der Waals surface area contributed by atoms with Crippen LogP contribution in [0.4, 0.5) is 0 Å². The zero-order valence-electron chi connectivity index (χ0n) is 9.94. The summed E-state index contributed by atoms with van der Waals surface area (Å²) in [5.74, 6) is 1.41. The fraction of sp³-hybridized carbons (Fsp3) is 0.692. The van der Waals surface area contributed by atoms with Crippen molar-refractivity contribution in [2.75, 3.05) is 6.61 Å². The lowest BCUT2D eigenvalue weighted by molar-refractivity contribution is 0.163. The highest BCUT2D eigenvalue weighted by molar-refractivity contribution is 5.15. The number of allylic oxidation sites excluding steroid dienone is 1. The molecule has 1 unspecified atom stereocenters. The van der Waals surface area contributed by atoms with Crippen LogP contribution in [0.1, 0.15) is 46.5 Å². The van der Waals surface area contributed by atoms with Crippen molar-refractivity contribution >= 4 is 0 Å². The average molecular weight is 196 g/mol. The molecule has 0 aliphatic heterocycles. The molecule has 0 rings (SSSR count). The molecule has 0 amide bonds. The van der Waals surface area contributed by atoms with Crippen LogP contribution in [0.5, 0.6) is 0 Å². The Hall–Kier alpha value is -0.720. The van der Waals surface area contributed by atoms with E-state index in [4.69, 9.17) is 4.74 Å². The van der Waals surface area contributed by atoms with Crippen molar-refractivity contribution in [3.05, 3.63) is 24.5 Å².